The van der Waals surface area contributed by atoms with Gasteiger partial charge >= 0.3 is 0 Å². The van der Waals surface area contributed by atoms with Crippen LogP contribution in [0.25, 0.3) is 0 Å². The normalized spacial score (nSPS) is 12.7. The van der Waals surface area contributed by atoms with Gasteiger partial charge in [0.05, 0.1) is 11.1 Å². The number of aromatic nitrogens is 2. The van der Waals surface area contributed by atoms with E-state index in [0.717, 1.165) is 5.82 Å². The Hall–Kier alpha value is -1.39. The molecule has 2 aromatic rings. The summed E-state index contributed by atoms with van der Waals surface area (Å²) < 4.78 is 14.8. The monoisotopic (exact) mass is 254 g/mol. The van der Waals surface area contributed by atoms with Crippen molar-refractivity contribution in [3.8, 4) is 0 Å². The van der Waals surface area contributed by atoms with Crippen LogP contribution >= 0.6 is 11.6 Å². The standard InChI is InChI=1S/C12H12ClFN2O/c1-16-5-4-15-12(16)7-11(17)8-2-3-10(14)9(13)6-8/h2-6,11,17H,7H2,1H3. The molecule has 0 saturated carbocycles. The maximum Gasteiger partial charge on any atom is 0.141 e. The van der Waals surface area contributed by atoms with Crippen molar-refractivity contribution < 1.29 is 9.50 Å². The average Bonchev–Trinajstić information content (AvgIpc) is 2.68. The lowest BCUT2D eigenvalue weighted by Gasteiger charge is -2.11. The molecule has 1 aromatic carbocycles. The van der Waals surface area contributed by atoms with Crippen molar-refractivity contribution in [2.24, 2.45) is 7.05 Å². The van der Waals surface area contributed by atoms with Crippen molar-refractivity contribution >= 4 is 11.6 Å². The number of hydrogen-bond donors (Lipinski definition) is 1. The van der Waals surface area contributed by atoms with Gasteiger partial charge < -0.3 is 9.67 Å². The van der Waals surface area contributed by atoms with Gasteiger partial charge in [-0.05, 0) is 17.7 Å². The fourth-order valence-electron chi connectivity index (χ4n) is 1.60. The molecule has 1 unspecified atom stereocenters. The molecule has 0 aliphatic rings. The lowest BCUT2D eigenvalue weighted by molar-refractivity contribution is 0.175. The SMILES string of the molecule is Cn1ccnc1CC(O)c1ccc(F)c(Cl)c1. The van der Waals surface area contributed by atoms with Crippen LogP contribution in [0, 0.1) is 5.82 Å². The first-order chi connectivity index (χ1) is 8.08. The van der Waals surface area contributed by atoms with Crippen molar-refractivity contribution in [1.82, 2.24) is 9.55 Å². The van der Waals surface area contributed by atoms with E-state index in [1.807, 2.05) is 11.6 Å². The molecule has 0 fully saturated rings. The van der Waals surface area contributed by atoms with Crippen molar-refractivity contribution in [3.05, 3.63) is 52.8 Å². The number of halogens is 2. The minimum absolute atomic E-state index is 0.0152. The summed E-state index contributed by atoms with van der Waals surface area (Å²) in [5.41, 5.74) is 0.583. The molecule has 0 radical (unpaired) electrons. The number of rotatable bonds is 3. The Kier molecular flexibility index (Phi) is 3.45. The zero-order chi connectivity index (χ0) is 12.4. The van der Waals surface area contributed by atoms with E-state index in [9.17, 15) is 9.50 Å². The van der Waals surface area contributed by atoms with Gasteiger partial charge in [0, 0.05) is 25.9 Å². The Balaban J connectivity index is 2.17. The third kappa shape index (κ3) is 2.65. The van der Waals surface area contributed by atoms with Gasteiger partial charge in [0.25, 0.3) is 0 Å². The summed E-state index contributed by atoms with van der Waals surface area (Å²) >= 11 is 5.66. The molecule has 5 heteroatoms. The molecule has 1 aromatic heterocycles. The van der Waals surface area contributed by atoms with Crippen LogP contribution < -0.4 is 0 Å². The number of aliphatic hydroxyl groups excluding tert-OH is 1. The van der Waals surface area contributed by atoms with E-state index in [0.29, 0.717) is 12.0 Å². The zero-order valence-electron chi connectivity index (χ0n) is 9.27. The van der Waals surface area contributed by atoms with E-state index < -0.39 is 11.9 Å². The van der Waals surface area contributed by atoms with Crippen LogP contribution in [-0.4, -0.2) is 14.7 Å². The van der Waals surface area contributed by atoms with Crippen LogP contribution in [0.5, 0.6) is 0 Å². The van der Waals surface area contributed by atoms with Crippen LogP contribution in [0.4, 0.5) is 4.39 Å². The first kappa shape index (κ1) is 12.1. The van der Waals surface area contributed by atoms with E-state index in [1.54, 1.807) is 12.4 Å². The summed E-state index contributed by atoms with van der Waals surface area (Å²) in [6, 6.07) is 4.21. The maximum absolute atomic E-state index is 13.0. The predicted octanol–water partition coefficient (Wildman–Crippen LogP) is 2.49. The molecule has 1 heterocycles. The number of imidazole rings is 1. The lowest BCUT2D eigenvalue weighted by Crippen LogP contribution is -2.06. The minimum Gasteiger partial charge on any atom is -0.388 e. The Labute approximate surface area is 103 Å². The van der Waals surface area contributed by atoms with Crippen molar-refractivity contribution in [1.29, 1.82) is 0 Å². The molecule has 2 rings (SSSR count). The number of nitrogens with zero attached hydrogens (tertiary/aromatic N) is 2. The van der Waals surface area contributed by atoms with Crippen molar-refractivity contribution in [2.45, 2.75) is 12.5 Å². The molecule has 1 N–H and O–H groups in total. The van der Waals surface area contributed by atoms with E-state index >= 15 is 0 Å². The Morgan fingerprint density at radius 1 is 1.53 bits per heavy atom. The lowest BCUT2D eigenvalue weighted by atomic mass is 10.1. The largest absolute Gasteiger partial charge is 0.388 e. The fourth-order valence-corrected chi connectivity index (χ4v) is 1.79. The Morgan fingerprint density at radius 3 is 2.88 bits per heavy atom. The molecule has 1 atom stereocenters. The van der Waals surface area contributed by atoms with E-state index in [2.05, 4.69) is 4.98 Å². The molecule has 90 valence electrons. The van der Waals surface area contributed by atoms with Gasteiger partial charge in [0.15, 0.2) is 0 Å². The van der Waals surface area contributed by atoms with Gasteiger partial charge in [0.2, 0.25) is 0 Å². The third-order valence-corrected chi connectivity index (χ3v) is 2.91. The molecule has 0 aliphatic heterocycles. The smallest absolute Gasteiger partial charge is 0.141 e. The molecule has 17 heavy (non-hydrogen) atoms. The van der Waals surface area contributed by atoms with Crippen LogP contribution in [0.1, 0.15) is 17.5 Å². The van der Waals surface area contributed by atoms with Crippen LogP contribution in [0.3, 0.4) is 0 Å². The summed E-state index contributed by atoms with van der Waals surface area (Å²) in [6.45, 7) is 0. The number of hydrogen-bond acceptors (Lipinski definition) is 2. The molecule has 0 bridgehead atoms. The quantitative estimate of drug-likeness (QED) is 0.914. The van der Waals surface area contributed by atoms with E-state index in [4.69, 9.17) is 11.6 Å². The number of aliphatic hydroxyl groups is 1. The first-order valence-electron chi connectivity index (χ1n) is 5.17. The number of aryl methyl sites for hydroxylation is 1. The Morgan fingerprint density at radius 2 is 2.29 bits per heavy atom. The van der Waals surface area contributed by atoms with Crippen molar-refractivity contribution in [2.75, 3.05) is 0 Å². The van der Waals surface area contributed by atoms with Crippen molar-refractivity contribution in [3.63, 3.8) is 0 Å². The number of benzene rings is 1. The molecule has 3 nitrogen and oxygen atoms in total. The Bertz CT molecular complexity index is 527. The van der Waals surface area contributed by atoms with Crippen LogP contribution in [0.15, 0.2) is 30.6 Å². The topological polar surface area (TPSA) is 38.0 Å². The fraction of sp³-hybridized carbons (Fsp3) is 0.250. The highest BCUT2D eigenvalue weighted by atomic mass is 35.5. The maximum atomic E-state index is 13.0. The highest BCUT2D eigenvalue weighted by Gasteiger charge is 2.13. The highest BCUT2D eigenvalue weighted by molar-refractivity contribution is 6.30. The summed E-state index contributed by atoms with van der Waals surface area (Å²) in [7, 11) is 1.85. The second kappa shape index (κ2) is 4.85. The van der Waals surface area contributed by atoms with Gasteiger partial charge in [-0.3, -0.25) is 0 Å². The van der Waals surface area contributed by atoms with Gasteiger partial charge in [-0.25, -0.2) is 9.37 Å². The second-order valence-corrected chi connectivity index (χ2v) is 4.26. The molecular formula is C12H12ClFN2O. The molecule has 0 spiro atoms. The minimum atomic E-state index is -0.741. The summed E-state index contributed by atoms with van der Waals surface area (Å²) in [5.74, 6) is 0.276. The molecule has 0 aliphatic carbocycles. The molecule has 0 amide bonds. The predicted molar refractivity (Wildman–Crippen MR) is 63.3 cm³/mol. The van der Waals surface area contributed by atoms with Gasteiger partial charge in [0.1, 0.15) is 11.6 Å². The summed E-state index contributed by atoms with van der Waals surface area (Å²) in [4.78, 5) is 4.12. The van der Waals surface area contributed by atoms with Crippen LogP contribution in [0.2, 0.25) is 5.02 Å². The zero-order valence-corrected chi connectivity index (χ0v) is 10.0. The van der Waals surface area contributed by atoms with E-state index in [-0.39, 0.29) is 5.02 Å². The highest BCUT2D eigenvalue weighted by Crippen LogP contribution is 2.22. The third-order valence-electron chi connectivity index (χ3n) is 2.63. The summed E-state index contributed by atoms with van der Waals surface area (Å²) in [6.07, 6.45) is 3.10. The molecule has 0 saturated heterocycles. The second-order valence-electron chi connectivity index (χ2n) is 3.85. The van der Waals surface area contributed by atoms with Gasteiger partial charge in [-0.2, -0.15) is 0 Å². The first-order valence-corrected chi connectivity index (χ1v) is 5.55. The summed E-state index contributed by atoms with van der Waals surface area (Å²) in [5, 5.41) is 10.0. The van der Waals surface area contributed by atoms with E-state index in [1.165, 1.54) is 18.2 Å². The average molecular weight is 255 g/mol. The van der Waals surface area contributed by atoms with Crippen LogP contribution in [-0.2, 0) is 13.5 Å². The molecular weight excluding hydrogens is 243 g/mol. The van der Waals surface area contributed by atoms with Gasteiger partial charge in [-0.1, -0.05) is 17.7 Å². The van der Waals surface area contributed by atoms with Gasteiger partial charge in [-0.15, -0.1) is 0 Å².